The second-order valence-electron chi connectivity index (χ2n) is 7.36. The van der Waals surface area contributed by atoms with E-state index in [4.69, 9.17) is 4.74 Å². The first-order valence-electron chi connectivity index (χ1n) is 8.98. The predicted molar refractivity (Wildman–Crippen MR) is 102 cm³/mol. The number of nitrogens with one attached hydrogen (secondary N) is 1. The largest absolute Gasteiger partial charge is 0.452 e. The van der Waals surface area contributed by atoms with Crippen molar-refractivity contribution in [3.63, 3.8) is 0 Å². The summed E-state index contributed by atoms with van der Waals surface area (Å²) in [6.45, 7) is 4.57. The van der Waals surface area contributed by atoms with E-state index in [2.05, 4.69) is 11.4 Å². The Bertz CT molecular complexity index is 902. The lowest BCUT2D eigenvalue weighted by atomic mass is 9.98. The Kier molecular flexibility index (Phi) is 6.47. The molecule has 0 saturated heterocycles. The van der Waals surface area contributed by atoms with E-state index in [0.29, 0.717) is 0 Å². The summed E-state index contributed by atoms with van der Waals surface area (Å²) in [6.07, 6.45) is 1.74. The number of hydrogen-bond acceptors (Lipinski definition) is 6. The number of amides is 1. The highest BCUT2D eigenvalue weighted by atomic mass is 32.2. The first-order valence-corrected chi connectivity index (χ1v) is 10.4. The van der Waals surface area contributed by atoms with E-state index in [1.165, 1.54) is 35.6 Å². The summed E-state index contributed by atoms with van der Waals surface area (Å²) in [5.74, 6) is -1.28. The molecule has 1 fully saturated rings. The lowest BCUT2D eigenvalue weighted by Crippen LogP contribution is -2.48. The van der Waals surface area contributed by atoms with Gasteiger partial charge in [-0.15, -0.1) is 0 Å². The van der Waals surface area contributed by atoms with Gasteiger partial charge in [-0.1, -0.05) is 6.07 Å². The van der Waals surface area contributed by atoms with Crippen molar-refractivity contribution < 1.29 is 22.7 Å². The number of esters is 1. The summed E-state index contributed by atoms with van der Waals surface area (Å²) in [6, 6.07) is 7.32. The second-order valence-corrected chi connectivity index (χ2v) is 9.35. The average molecular weight is 407 g/mol. The molecule has 28 heavy (non-hydrogen) atoms. The number of rotatable bonds is 8. The van der Waals surface area contributed by atoms with Crippen molar-refractivity contribution >= 4 is 21.9 Å². The van der Waals surface area contributed by atoms with Crippen LogP contribution in [0.4, 0.5) is 0 Å². The highest BCUT2D eigenvalue weighted by Gasteiger charge is 2.43. The Morgan fingerprint density at radius 1 is 1.39 bits per heavy atom. The minimum Gasteiger partial charge on any atom is -0.452 e. The number of nitriles is 1. The number of benzene rings is 1. The van der Waals surface area contributed by atoms with Gasteiger partial charge in [0.2, 0.25) is 10.0 Å². The Morgan fingerprint density at radius 2 is 2.04 bits per heavy atom. The Morgan fingerprint density at radius 3 is 2.57 bits per heavy atom. The van der Waals surface area contributed by atoms with E-state index in [1.54, 1.807) is 20.8 Å². The van der Waals surface area contributed by atoms with Crippen molar-refractivity contribution in [1.82, 2.24) is 9.62 Å². The molecule has 1 saturated carbocycles. The van der Waals surface area contributed by atoms with E-state index < -0.39 is 34.0 Å². The SMILES string of the molecule is CC(C)N(C)S(=O)(=O)c1cccc(C(=O)OCC(=O)N[C@@](C)(C#N)C2CC2)c1. The fourth-order valence-electron chi connectivity index (χ4n) is 2.65. The van der Waals surface area contributed by atoms with Crippen LogP contribution in [0, 0.1) is 17.2 Å². The molecule has 2 rings (SSSR count). The van der Waals surface area contributed by atoms with Gasteiger partial charge in [-0.2, -0.15) is 9.57 Å². The van der Waals surface area contributed by atoms with Gasteiger partial charge >= 0.3 is 5.97 Å². The van der Waals surface area contributed by atoms with Crippen molar-refractivity contribution in [2.75, 3.05) is 13.7 Å². The molecular formula is C19H25N3O5S. The third kappa shape index (κ3) is 4.88. The summed E-state index contributed by atoms with van der Waals surface area (Å²) in [4.78, 5) is 24.2. The zero-order valence-corrected chi connectivity index (χ0v) is 17.2. The zero-order valence-electron chi connectivity index (χ0n) is 16.4. The van der Waals surface area contributed by atoms with Gasteiger partial charge in [-0.3, -0.25) is 4.79 Å². The van der Waals surface area contributed by atoms with Crippen LogP contribution < -0.4 is 5.32 Å². The van der Waals surface area contributed by atoms with Crippen LogP contribution in [0.25, 0.3) is 0 Å². The lowest BCUT2D eigenvalue weighted by molar-refractivity contribution is -0.125. The van der Waals surface area contributed by atoms with Crippen molar-refractivity contribution in [3.8, 4) is 6.07 Å². The Balaban J connectivity index is 2.03. The predicted octanol–water partition coefficient (Wildman–Crippen LogP) is 1.68. The molecule has 1 atom stereocenters. The highest BCUT2D eigenvalue weighted by molar-refractivity contribution is 7.89. The second kappa shape index (κ2) is 8.29. The molecule has 0 bridgehead atoms. The smallest absolute Gasteiger partial charge is 0.338 e. The third-order valence-electron chi connectivity index (χ3n) is 4.83. The zero-order chi connectivity index (χ0) is 21.1. The monoisotopic (exact) mass is 407 g/mol. The minimum absolute atomic E-state index is 0.0243. The molecule has 9 heteroatoms. The maximum absolute atomic E-state index is 12.6. The van der Waals surface area contributed by atoms with Gasteiger partial charge in [0.25, 0.3) is 5.91 Å². The quantitative estimate of drug-likeness (QED) is 0.655. The summed E-state index contributed by atoms with van der Waals surface area (Å²) < 4.78 is 31.3. The van der Waals surface area contributed by atoms with Gasteiger partial charge in [-0.05, 0) is 57.7 Å². The topological polar surface area (TPSA) is 117 Å². The first kappa shape index (κ1) is 21.9. The number of carbonyl (C=O) groups excluding carboxylic acids is 2. The van der Waals surface area contributed by atoms with Crippen LogP contribution in [0.15, 0.2) is 29.2 Å². The number of sulfonamides is 1. The maximum atomic E-state index is 12.6. The van der Waals surface area contributed by atoms with Gasteiger partial charge in [0.15, 0.2) is 6.61 Å². The van der Waals surface area contributed by atoms with Crippen LogP contribution in [-0.2, 0) is 19.6 Å². The van der Waals surface area contributed by atoms with Gasteiger partial charge < -0.3 is 10.1 Å². The van der Waals surface area contributed by atoms with Crippen LogP contribution in [0.1, 0.15) is 44.0 Å². The first-order chi connectivity index (χ1) is 13.0. The Labute approximate surface area is 165 Å². The molecule has 1 aliphatic carbocycles. The number of ether oxygens (including phenoxy) is 1. The van der Waals surface area contributed by atoms with E-state index in [-0.39, 0.29) is 22.4 Å². The summed E-state index contributed by atoms with van der Waals surface area (Å²) in [5, 5.41) is 11.9. The maximum Gasteiger partial charge on any atom is 0.338 e. The van der Waals surface area contributed by atoms with E-state index in [0.717, 1.165) is 12.8 Å². The van der Waals surface area contributed by atoms with Gasteiger partial charge in [0.1, 0.15) is 5.54 Å². The van der Waals surface area contributed by atoms with Gasteiger partial charge in [0, 0.05) is 13.1 Å². The third-order valence-corrected chi connectivity index (χ3v) is 6.86. The van der Waals surface area contributed by atoms with Crippen molar-refractivity contribution in [1.29, 1.82) is 5.26 Å². The van der Waals surface area contributed by atoms with Crippen LogP contribution in [-0.4, -0.2) is 49.8 Å². The molecule has 1 N–H and O–H groups in total. The average Bonchev–Trinajstić information content (AvgIpc) is 3.51. The van der Waals surface area contributed by atoms with Crippen molar-refractivity contribution in [2.45, 2.75) is 50.1 Å². The summed E-state index contributed by atoms with van der Waals surface area (Å²) >= 11 is 0. The Hall–Kier alpha value is -2.44. The van der Waals surface area contributed by atoms with Crippen LogP contribution in [0.5, 0.6) is 0 Å². The summed E-state index contributed by atoms with van der Waals surface area (Å²) in [7, 11) is -2.29. The van der Waals surface area contributed by atoms with Crippen molar-refractivity contribution in [3.05, 3.63) is 29.8 Å². The number of carbonyl (C=O) groups is 2. The molecule has 152 valence electrons. The standard InChI is InChI=1S/C19H25N3O5S/c1-13(2)22(4)28(25,26)16-7-5-6-14(10-16)18(24)27-11-17(23)21-19(3,12-20)15-8-9-15/h5-7,10,13,15H,8-9,11H2,1-4H3,(H,21,23)/t19-/m0/s1. The van der Waals surface area contributed by atoms with Gasteiger partial charge in [0.05, 0.1) is 16.5 Å². The fraction of sp³-hybridized carbons (Fsp3) is 0.526. The fourth-order valence-corrected chi connectivity index (χ4v) is 4.06. The van der Waals surface area contributed by atoms with Gasteiger partial charge in [-0.25, -0.2) is 13.2 Å². The van der Waals surface area contributed by atoms with E-state index in [9.17, 15) is 23.3 Å². The molecule has 8 nitrogen and oxygen atoms in total. The molecule has 1 aromatic rings. The molecule has 0 radical (unpaired) electrons. The molecule has 0 unspecified atom stereocenters. The highest BCUT2D eigenvalue weighted by Crippen LogP contribution is 2.39. The van der Waals surface area contributed by atoms with E-state index in [1.807, 2.05) is 0 Å². The van der Waals surface area contributed by atoms with E-state index >= 15 is 0 Å². The molecule has 0 heterocycles. The lowest BCUT2D eigenvalue weighted by Gasteiger charge is -2.22. The molecular weight excluding hydrogens is 382 g/mol. The van der Waals surface area contributed by atoms with Crippen LogP contribution in [0.3, 0.4) is 0 Å². The molecule has 0 aliphatic heterocycles. The van der Waals surface area contributed by atoms with Crippen LogP contribution in [0.2, 0.25) is 0 Å². The normalized spacial score (nSPS) is 16.3. The minimum atomic E-state index is -3.75. The van der Waals surface area contributed by atoms with Crippen LogP contribution >= 0.6 is 0 Å². The van der Waals surface area contributed by atoms with Crippen molar-refractivity contribution in [2.24, 2.45) is 5.92 Å². The number of hydrogen-bond donors (Lipinski definition) is 1. The molecule has 1 aliphatic rings. The number of nitrogens with zero attached hydrogens (tertiary/aromatic N) is 2. The molecule has 0 aromatic heterocycles. The molecule has 1 aromatic carbocycles. The summed E-state index contributed by atoms with van der Waals surface area (Å²) in [5.41, 5.74) is -0.949. The molecule has 0 spiro atoms. The molecule has 1 amide bonds.